The van der Waals surface area contributed by atoms with Crippen molar-refractivity contribution in [2.45, 2.75) is 6.42 Å². The molecule has 0 radical (unpaired) electrons. The number of benzene rings is 1. The van der Waals surface area contributed by atoms with Gasteiger partial charge in [0.25, 0.3) is 0 Å². The van der Waals surface area contributed by atoms with E-state index in [-0.39, 0.29) is 23.4 Å². The monoisotopic (exact) mass is 226 g/mol. The molecule has 6 heteroatoms. The van der Waals surface area contributed by atoms with Crippen molar-refractivity contribution in [1.29, 1.82) is 0 Å². The first-order valence-electron chi connectivity index (χ1n) is 4.41. The fourth-order valence-corrected chi connectivity index (χ4v) is 1.14. The Morgan fingerprint density at radius 2 is 2.31 bits per heavy atom. The van der Waals surface area contributed by atoms with E-state index in [1.54, 1.807) is 0 Å². The second kappa shape index (κ2) is 5.11. The Labute approximate surface area is 91.3 Å². The Morgan fingerprint density at radius 1 is 1.62 bits per heavy atom. The lowest BCUT2D eigenvalue weighted by Crippen LogP contribution is -2.14. The average Bonchev–Trinajstić information content (AvgIpc) is 2.30. The predicted molar refractivity (Wildman–Crippen MR) is 54.6 cm³/mol. The van der Waals surface area contributed by atoms with Gasteiger partial charge in [0.15, 0.2) is 5.84 Å². The standard InChI is InChI=1S/C10H11FN2O3/c1-16-9(14)5-6-2-3-7(4-8(6)11)10(12)13-15/h2-4,15H,5H2,1H3,(H2,12,13). The number of hydrogen-bond acceptors (Lipinski definition) is 4. The summed E-state index contributed by atoms with van der Waals surface area (Å²) in [4.78, 5) is 10.9. The molecule has 0 saturated heterocycles. The van der Waals surface area contributed by atoms with Crippen molar-refractivity contribution in [2.75, 3.05) is 7.11 Å². The fraction of sp³-hybridized carbons (Fsp3) is 0.200. The van der Waals surface area contributed by atoms with Crippen molar-refractivity contribution < 1.29 is 19.1 Å². The lowest BCUT2D eigenvalue weighted by Gasteiger charge is -2.04. The molecule has 0 aliphatic carbocycles. The van der Waals surface area contributed by atoms with Gasteiger partial charge in [0.1, 0.15) is 5.82 Å². The Kier molecular flexibility index (Phi) is 3.82. The number of methoxy groups -OCH3 is 1. The Hall–Kier alpha value is -2.11. The van der Waals surface area contributed by atoms with E-state index in [2.05, 4.69) is 9.89 Å². The van der Waals surface area contributed by atoms with Crippen LogP contribution in [0.25, 0.3) is 0 Å². The van der Waals surface area contributed by atoms with E-state index < -0.39 is 11.8 Å². The lowest BCUT2D eigenvalue weighted by atomic mass is 10.1. The van der Waals surface area contributed by atoms with Crippen LogP contribution in [-0.2, 0) is 16.0 Å². The highest BCUT2D eigenvalue weighted by Gasteiger charge is 2.10. The average molecular weight is 226 g/mol. The first-order chi connectivity index (χ1) is 7.58. The van der Waals surface area contributed by atoms with Crippen LogP contribution >= 0.6 is 0 Å². The van der Waals surface area contributed by atoms with Crippen LogP contribution in [0.3, 0.4) is 0 Å². The van der Waals surface area contributed by atoms with Crippen LogP contribution in [-0.4, -0.2) is 24.1 Å². The maximum atomic E-state index is 13.4. The highest BCUT2D eigenvalue weighted by Crippen LogP contribution is 2.11. The maximum absolute atomic E-state index is 13.4. The molecule has 1 aromatic carbocycles. The predicted octanol–water partition coefficient (Wildman–Crippen LogP) is 0.636. The molecule has 0 amide bonds. The van der Waals surface area contributed by atoms with Gasteiger partial charge in [-0.25, -0.2) is 4.39 Å². The van der Waals surface area contributed by atoms with E-state index in [4.69, 9.17) is 10.9 Å². The minimum atomic E-state index is -0.602. The van der Waals surface area contributed by atoms with Crippen LogP contribution in [0.5, 0.6) is 0 Å². The topological polar surface area (TPSA) is 84.9 Å². The summed E-state index contributed by atoms with van der Waals surface area (Å²) in [5.41, 5.74) is 5.72. The van der Waals surface area contributed by atoms with E-state index in [1.165, 1.54) is 19.2 Å². The molecule has 16 heavy (non-hydrogen) atoms. The molecule has 0 heterocycles. The van der Waals surface area contributed by atoms with Crippen LogP contribution < -0.4 is 5.73 Å². The zero-order chi connectivity index (χ0) is 12.1. The van der Waals surface area contributed by atoms with Crippen molar-refractivity contribution in [1.82, 2.24) is 0 Å². The number of nitrogens with zero attached hydrogens (tertiary/aromatic N) is 1. The smallest absolute Gasteiger partial charge is 0.310 e. The van der Waals surface area contributed by atoms with E-state index in [1.807, 2.05) is 0 Å². The third-order valence-corrected chi connectivity index (χ3v) is 2.02. The molecule has 0 unspecified atom stereocenters. The van der Waals surface area contributed by atoms with E-state index >= 15 is 0 Å². The summed E-state index contributed by atoms with van der Waals surface area (Å²) < 4.78 is 17.9. The number of carbonyl (C=O) groups excluding carboxylic acids is 1. The molecule has 3 N–H and O–H groups in total. The lowest BCUT2D eigenvalue weighted by molar-refractivity contribution is -0.139. The number of oxime groups is 1. The maximum Gasteiger partial charge on any atom is 0.310 e. The number of halogens is 1. The van der Waals surface area contributed by atoms with Crippen molar-refractivity contribution in [2.24, 2.45) is 10.9 Å². The van der Waals surface area contributed by atoms with Crippen LogP contribution in [0.15, 0.2) is 23.4 Å². The van der Waals surface area contributed by atoms with Crippen LogP contribution in [0.2, 0.25) is 0 Å². The first kappa shape index (κ1) is 12.0. The zero-order valence-corrected chi connectivity index (χ0v) is 8.61. The van der Waals surface area contributed by atoms with E-state index in [0.29, 0.717) is 0 Å². The molecule has 0 atom stereocenters. The number of ether oxygens (including phenoxy) is 1. The molecule has 0 spiro atoms. The number of rotatable bonds is 3. The molecule has 1 rings (SSSR count). The van der Waals surface area contributed by atoms with Crippen molar-refractivity contribution in [3.05, 3.63) is 35.1 Å². The Morgan fingerprint density at radius 3 is 2.81 bits per heavy atom. The molecule has 0 aromatic heterocycles. The van der Waals surface area contributed by atoms with Crippen molar-refractivity contribution in [3.8, 4) is 0 Å². The molecule has 0 aliphatic rings. The van der Waals surface area contributed by atoms with Gasteiger partial charge in [0, 0.05) is 5.56 Å². The number of carbonyl (C=O) groups is 1. The third-order valence-electron chi connectivity index (χ3n) is 2.02. The molecule has 0 aliphatic heterocycles. The van der Waals surface area contributed by atoms with Gasteiger partial charge >= 0.3 is 5.97 Å². The fourth-order valence-electron chi connectivity index (χ4n) is 1.14. The highest BCUT2D eigenvalue weighted by atomic mass is 19.1. The van der Waals surface area contributed by atoms with Crippen LogP contribution in [0, 0.1) is 5.82 Å². The van der Waals surface area contributed by atoms with Gasteiger partial charge in [-0.15, -0.1) is 0 Å². The molecular weight excluding hydrogens is 215 g/mol. The first-order valence-corrected chi connectivity index (χ1v) is 4.41. The molecule has 86 valence electrons. The van der Waals surface area contributed by atoms with E-state index in [9.17, 15) is 9.18 Å². The van der Waals surface area contributed by atoms with Crippen molar-refractivity contribution in [3.63, 3.8) is 0 Å². The van der Waals surface area contributed by atoms with Gasteiger partial charge in [-0.2, -0.15) is 0 Å². The molecular formula is C10H11FN2O3. The van der Waals surface area contributed by atoms with Crippen molar-refractivity contribution >= 4 is 11.8 Å². The Bertz CT molecular complexity index is 432. The van der Waals surface area contributed by atoms with Gasteiger partial charge < -0.3 is 15.7 Å². The summed E-state index contributed by atoms with van der Waals surface area (Å²) in [5, 5.41) is 11.1. The SMILES string of the molecule is COC(=O)Cc1ccc(C(N)=NO)cc1F. The minimum absolute atomic E-state index is 0.154. The highest BCUT2D eigenvalue weighted by molar-refractivity contribution is 5.97. The number of hydrogen-bond donors (Lipinski definition) is 2. The van der Waals surface area contributed by atoms with Crippen LogP contribution in [0.4, 0.5) is 4.39 Å². The second-order valence-electron chi connectivity index (χ2n) is 3.04. The molecule has 0 fully saturated rings. The van der Waals surface area contributed by atoms with Gasteiger partial charge in [0.2, 0.25) is 0 Å². The van der Waals surface area contributed by atoms with Crippen LogP contribution in [0.1, 0.15) is 11.1 Å². The van der Waals surface area contributed by atoms with Gasteiger partial charge in [-0.05, 0) is 11.6 Å². The van der Waals surface area contributed by atoms with E-state index in [0.717, 1.165) is 6.07 Å². The quantitative estimate of drug-likeness (QED) is 0.260. The summed E-state index contributed by atoms with van der Waals surface area (Å²) in [5.74, 6) is -1.33. The normalized spacial score (nSPS) is 11.2. The summed E-state index contributed by atoms with van der Waals surface area (Å²) >= 11 is 0. The molecule has 0 saturated carbocycles. The summed E-state index contributed by atoms with van der Waals surface area (Å²) in [7, 11) is 1.23. The molecule has 1 aromatic rings. The third kappa shape index (κ3) is 2.69. The van der Waals surface area contributed by atoms with Gasteiger partial charge in [-0.3, -0.25) is 4.79 Å². The summed E-state index contributed by atoms with van der Waals surface area (Å²) in [6.45, 7) is 0. The number of esters is 1. The molecule has 0 bridgehead atoms. The Balaban J connectivity index is 2.96. The summed E-state index contributed by atoms with van der Waals surface area (Å²) in [6.07, 6.45) is -0.154. The van der Waals surface area contributed by atoms with Gasteiger partial charge in [-0.1, -0.05) is 17.3 Å². The number of nitrogens with two attached hydrogens (primary N) is 1. The zero-order valence-electron chi connectivity index (χ0n) is 8.61. The minimum Gasteiger partial charge on any atom is -0.469 e. The second-order valence-corrected chi connectivity index (χ2v) is 3.04. The number of amidine groups is 1. The largest absolute Gasteiger partial charge is 0.469 e. The molecule has 5 nitrogen and oxygen atoms in total. The van der Waals surface area contributed by atoms with Gasteiger partial charge in [0.05, 0.1) is 13.5 Å². The summed E-state index contributed by atoms with van der Waals surface area (Å²) in [6, 6.07) is 3.93.